The predicted octanol–water partition coefficient (Wildman–Crippen LogP) is 1.72. The molecule has 0 fully saturated rings. The van der Waals surface area contributed by atoms with Gasteiger partial charge in [0.2, 0.25) is 11.7 Å². The molecule has 0 spiro atoms. The monoisotopic (exact) mass is 247 g/mol. The van der Waals surface area contributed by atoms with Gasteiger partial charge in [-0.15, -0.1) is 0 Å². The third-order valence-electron chi connectivity index (χ3n) is 2.69. The zero-order chi connectivity index (χ0) is 13.0. The number of nitrogens with one attached hydrogen (secondary N) is 1. The molecule has 2 heterocycles. The van der Waals surface area contributed by atoms with Crippen molar-refractivity contribution in [3.05, 3.63) is 24.0 Å². The molecule has 18 heavy (non-hydrogen) atoms. The fourth-order valence-electron chi connectivity index (χ4n) is 1.42. The minimum atomic E-state index is 0.432. The summed E-state index contributed by atoms with van der Waals surface area (Å²) < 4.78 is 5.17. The SMILES string of the molecule is CCC(C)NCc1nc(-c2ccnc(C)n2)no1. The van der Waals surface area contributed by atoms with E-state index in [2.05, 4.69) is 39.3 Å². The number of hydrogen-bond donors (Lipinski definition) is 1. The Balaban J connectivity index is 2.06. The van der Waals surface area contributed by atoms with Crippen molar-refractivity contribution in [3.8, 4) is 11.5 Å². The van der Waals surface area contributed by atoms with Crippen LogP contribution in [-0.2, 0) is 6.54 Å². The summed E-state index contributed by atoms with van der Waals surface area (Å²) in [5.41, 5.74) is 0.682. The lowest BCUT2D eigenvalue weighted by Gasteiger charge is -2.07. The van der Waals surface area contributed by atoms with Crippen LogP contribution in [0, 0.1) is 6.92 Å². The molecular formula is C12H17N5O. The number of aryl methyl sites for hydroxylation is 1. The second-order valence-electron chi connectivity index (χ2n) is 4.19. The Morgan fingerprint density at radius 2 is 2.22 bits per heavy atom. The van der Waals surface area contributed by atoms with E-state index >= 15 is 0 Å². The minimum Gasteiger partial charge on any atom is -0.337 e. The highest BCUT2D eigenvalue weighted by Crippen LogP contribution is 2.12. The summed E-state index contributed by atoms with van der Waals surface area (Å²) in [5.74, 6) is 1.76. The number of rotatable bonds is 5. The van der Waals surface area contributed by atoms with Gasteiger partial charge < -0.3 is 9.84 Å². The molecular weight excluding hydrogens is 230 g/mol. The molecule has 0 aromatic carbocycles. The fourth-order valence-corrected chi connectivity index (χ4v) is 1.42. The van der Waals surface area contributed by atoms with Crippen LogP contribution in [0.25, 0.3) is 11.5 Å². The maximum absolute atomic E-state index is 5.17. The number of nitrogens with zero attached hydrogens (tertiary/aromatic N) is 4. The molecule has 1 atom stereocenters. The van der Waals surface area contributed by atoms with Gasteiger partial charge in [-0.25, -0.2) is 9.97 Å². The average Bonchev–Trinajstić information content (AvgIpc) is 2.84. The molecule has 6 nitrogen and oxygen atoms in total. The Morgan fingerprint density at radius 3 is 2.94 bits per heavy atom. The standard InChI is InChI=1S/C12H17N5O/c1-4-8(2)14-7-11-16-12(17-18-11)10-5-6-13-9(3)15-10/h5-6,8,14H,4,7H2,1-3H3. The van der Waals surface area contributed by atoms with E-state index in [1.807, 2.05) is 6.92 Å². The van der Waals surface area contributed by atoms with E-state index in [-0.39, 0.29) is 0 Å². The van der Waals surface area contributed by atoms with Gasteiger partial charge in [-0.3, -0.25) is 0 Å². The van der Waals surface area contributed by atoms with Gasteiger partial charge in [0, 0.05) is 12.2 Å². The maximum Gasteiger partial charge on any atom is 0.240 e. The molecule has 2 rings (SSSR count). The van der Waals surface area contributed by atoms with E-state index in [9.17, 15) is 0 Å². The molecule has 0 aliphatic heterocycles. The number of aromatic nitrogens is 4. The zero-order valence-corrected chi connectivity index (χ0v) is 10.8. The third-order valence-corrected chi connectivity index (χ3v) is 2.69. The van der Waals surface area contributed by atoms with E-state index < -0.39 is 0 Å². The van der Waals surface area contributed by atoms with Gasteiger partial charge in [-0.1, -0.05) is 12.1 Å². The highest BCUT2D eigenvalue weighted by Gasteiger charge is 2.10. The largest absolute Gasteiger partial charge is 0.337 e. The lowest BCUT2D eigenvalue weighted by atomic mass is 10.3. The second-order valence-corrected chi connectivity index (χ2v) is 4.19. The van der Waals surface area contributed by atoms with Crippen LogP contribution in [0.3, 0.4) is 0 Å². The molecule has 1 unspecified atom stereocenters. The third kappa shape index (κ3) is 3.10. The van der Waals surface area contributed by atoms with Crippen LogP contribution in [0.5, 0.6) is 0 Å². The lowest BCUT2D eigenvalue weighted by molar-refractivity contribution is 0.358. The topological polar surface area (TPSA) is 76.7 Å². The van der Waals surface area contributed by atoms with E-state index in [0.717, 1.165) is 6.42 Å². The summed E-state index contributed by atoms with van der Waals surface area (Å²) in [7, 11) is 0. The molecule has 0 aliphatic carbocycles. The molecule has 0 amide bonds. The van der Waals surface area contributed by atoms with Crippen LogP contribution in [0.2, 0.25) is 0 Å². The van der Waals surface area contributed by atoms with E-state index in [4.69, 9.17) is 4.52 Å². The second kappa shape index (κ2) is 5.68. The molecule has 0 saturated carbocycles. The Kier molecular flexibility index (Phi) is 3.99. The van der Waals surface area contributed by atoms with Crippen LogP contribution in [0.4, 0.5) is 0 Å². The Bertz CT molecular complexity index is 511. The molecule has 0 bridgehead atoms. The van der Waals surface area contributed by atoms with Crippen molar-refractivity contribution in [1.82, 2.24) is 25.4 Å². The first-order chi connectivity index (χ1) is 8.69. The molecule has 2 aromatic heterocycles. The van der Waals surface area contributed by atoms with Crippen molar-refractivity contribution < 1.29 is 4.52 Å². The smallest absolute Gasteiger partial charge is 0.240 e. The van der Waals surface area contributed by atoms with Crippen LogP contribution >= 0.6 is 0 Å². The van der Waals surface area contributed by atoms with Crippen LogP contribution < -0.4 is 5.32 Å². The normalized spacial score (nSPS) is 12.6. The van der Waals surface area contributed by atoms with Crippen LogP contribution in [0.1, 0.15) is 32.0 Å². The summed E-state index contributed by atoms with van der Waals surface area (Å²) in [6.07, 6.45) is 2.75. The van der Waals surface area contributed by atoms with Gasteiger partial charge in [0.15, 0.2) is 0 Å². The molecule has 0 saturated heterocycles. The summed E-state index contributed by atoms with van der Waals surface area (Å²) in [6.45, 7) is 6.65. The van der Waals surface area contributed by atoms with Crippen LogP contribution in [0.15, 0.2) is 16.8 Å². The van der Waals surface area contributed by atoms with Gasteiger partial charge >= 0.3 is 0 Å². The number of hydrogen-bond acceptors (Lipinski definition) is 6. The first-order valence-electron chi connectivity index (χ1n) is 6.05. The quantitative estimate of drug-likeness (QED) is 0.867. The fraction of sp³-hybridized carbons (Fsp3) is 0.500. The molecule has 0 aliphatic rings. The summed E-state index contributed by atoms with van der Waals surface area (Å²) in [6, 6.07) is 2.20. The molecule has 96 valence electrons. The summed E-state index contributed by atoms with van der Waals surface area (Å²) in [5, 5.41) is 7.21. The van der Waals surface area contributed by atoms with Gasteiger partial charge in [-0.05, 0) is 26.3 Å². The maximum atomic E-state index is 5.17. The minimum absolute atomic E-state index is 0.432. The van der Waals surface area contributed by atoms with Crippen LogP contribution in [-0.4, -0.2) is 26.2 Å². The first kappa shape index (κ1) is 12.6. The van der Waals surface area contributed by atoms with Crippen molar-refractivity contribution in [2.24, 2.45) is 0 Å². The van der Waals surface area contributed by atoms with Crippen molar-refractivity contribution in [3.63, 3.8) is 0 Å². The van der Waals surface area contributed by atoms with E-state index in [1.54, 1.807) is 12.3 Å². The van der Waals surface area contributed by atoms with Crippen molar-refractivity contribution in [2.75, 3.05) is 0 Å². The van der Waals surface area contributed by atoms with Crippen molar-refractivity contribution >= 4 is 0 Å². The van der Waals surface area contributed by atoms with Gasteiger partial charge in [-0.2, -0.15) is 4.98 Å². The molecule has 1 N–H and O–H groups in total. The average molecular weight is 247 g/mol. The lowest BCUT2D eigenvalue weighted by Crippen LogP contribution is -2.24. The molecule has 6 heteroatoms. The zero-order valence-electron chi connectivity index (χ0n) is 10.8. The van der Waals surface area contributed by atoms with Crippen molar-refractivity contribution in [2.45, 2.75) is 39.8 Å². The van der Waals surface area contributed by atoms with Gasteiger partial charge in [0.05, 0.1) is 6.54 Å². The van der Waals surface area contributed by atoms with Crippen molar-refractivity contribution in [1.29, 1.82) is 0 Å². The summed E-state index contributed by atoms with van der Waals surface area (Å²) in [4.78, 5) is 12.6. The van der Waals surface area contributed by atoms with E-state index in [1.165, 1.54) is 0 Å². The highest BCUT2D eigenvalue weighted by molar-refractivity contribution is 5.46. The Morgan fingerprint density at radius 1 is 1.39 bits per heavy atom. The van der Waals surface area contributed by atoms with E-state index in [0.29, 0.717) is 35.8 Å². The molecule has 2 aromatic rings. The van der Waals surface area contributed by atoms with Gasteiger partial charge in [0.25, 0.3) is 0 Å². The Labute approximate surface area is 106 Å². The highest BCUT2D eigenvalue weighted by atomic mass is 16.5. The first-order valence-corrected chi connectivity index (χ1v) is 6.05. The van der Waals surface area contributed by atoms with Gasteiger partial charge in [0.1, 0.15) is 11.5 Å². The predicted molar refractivity (Wildman–Crippen MR) is 66.7 cm³/mol. The molecule has 0 radical (unpaired) electrons. The summed E-state index contributed by atoms with van der Waals surface area (Å²) >= 11 is 0. The Hall–Kier alpha value is -1.82.